The summed E-state index contributed by atoms with van der Waals surface area (Å²) in [6.07, 6.45) is 1.70. The summed E-state index contributed by atoms with van der Waals surface area (Å²) in [6.45, 7) is 1.72. The van der Waals surface area contributed by atoms with Crippen molar-refractivity contribution in [3.63, 3.8) is 0 Å². The lowest BCUT2D eigenvalue weighted by Crippen LogP contribution is -2.30. The van der Waals surface area contributed by atoms with E-state index in [1.165, 1.54) is 0 Å². The summed E-state index contributed by atoms with van der Waals surface area (Å²) in [6, 6.07) is 8.04. The molecule has 1 N–H and O–H groups in total. The average Bonchev–Trinajstić information content (AvgIpc) is 3.21. The van der Waals surface area contributed by atoms with Crippen LogP contribution in [0.4, 0.5) is 0 Å². The zero-order chi connectivity index (χ0) is 16.2. The highest BCUT2D eigenvalue weighted by Crippen LogP contribution is 2.41. The second-order valence-corrected chi connectivity index (χ2v) is 5.66. The van der Waals surface area contributed by atoms with Crippen LogP contribution in [-0.4, -0.2) is 39.4 Å². The normalized spacial score (nSPS) is 14.3. The van der Waals surface area contributed by atoms with Crippen LogP contribution in [-0.2, 0) is 6.54 Å². The number of nitrogens with zero attached hydrogens (tertiary/aromatic N) is 1. The highest BCUT2D eigenvalue weighted by molar-refractivity contribution is 5.55. The standard InChI is InChI=1S/C17H22N2O4/c1-19(2)13(14-5-4-6-21-14)10-18-9-12-7-15(20-3)17-16(8-12)22-11-23-17/h4-8,13,18H,9-11H2,1-3H3. The van der Waals surface area contributed by atoms with E-state index in [1.807, 2.05) is 38.4 Å². The fraction of sp³-hybridized carbons (Fsp3) is 0.412. The van der Waals surface area contributed by atoms with Gasteiger partial charge in [0.1, 0.15) is 5.76 Å². The Labute approximate surface area is 135 Å². The molecule has 1 aliphatic heterocycles. The molecular formula is C17H22N2O4. The first-order chi connectivity index (χ1) is 11.2. The third kappa shape index (κ3) is 3.43. The average molecular weight is 318 g/mol. The summed E-state index contributed by atoms with van der Waals surface area (Å²) in [5.74, 6) is 3.06. The molecule has 6 nitrogen and oxygen atoms in total. The van der Waals surface area contributed by atoms with Crippen molar-refractivity contribution in [3.8, 4) is 17.2 Å². The van der Waals surface area contributed by atoms with E-state index < -0.39 is 0 Å². The lowest BCUT2D eigenvalue weighted by atomic mass is 10.1. The number of furan rings is 1. The molecule has 2 heterocycles. The molecule has 0 saturated heterocycles. The molecule has 23 heavy (non-hydrogen) atoms. The van der Waals surface area contributed by atoms with Gasteiger partial charge in [0.05, 0.1) is 19.4 Å². The Morgan fingerprint density at radius 2 is 2.17 bits per heavy atom. The van der Waals surface area contributed by atoms with Gasteiger partial charge >= 0.3 is 0 Å². The van der Waals surface area contributed by atoms with Crippen LogP contribution in [0.1, 0.15) is 17.4 Å². The van der Waals surface area contributed by atoms with Gasteiger partial charge < -0.3 is 23.9 Å². The molecule has 2 aromatic rings. The second kappa shape index (κ2) is 6.93. The van der Waals surface area contributed by atoms with Gasteiger partial charge in [0.25, 0.3) is 0 Å². The van der Waals surface area contributed by atoms with E-state index in [4.69, 9.17) is 18.6 Å². The Kier molecular flexibility index (Phi) is 4.73. The molecule has 0 amide bonds. The molecule has 0 fully saturated rings. The van der Waals surface area contributed by atoms with Crippen LogP contribution in [0.25, 0.3) is 0 Å². The van der Waals surface area contributed by atoms with Crippen LogP contribution in [0, 0.1) is 0 Å². The Bertz CT molecular complexity index is 640. The van der Waals surface area contributed by atoms with Crippen molar-refractivity contribution in [1.29, 1.82) is 0 Å². The predicted molar refractivity (Wildman–Crippen MR) is 86.0 cm³/mol. The van der Waals surface area contributed by atoms with Crippen LogP contribution in [0.5, 0.6) is 17.2 Å². The molecule has 0 saturated carbocycles. The predicted octanol–water partition coefficient (Wildman–Crippen LogP) is 2.41. The fourth-order valence-electron chi connectivity index (χ4n) is 2.66. The van der Waals surface area contributed by atoms with Gasteiger partial charge in [0.15, 0.2) is 11.5 Å². The molecule has 0 bridgehead atoms. The Morgan fingerprint density at radius 1 is 1.30 bits per heavy atom. The van der Waals surface area contributed by atoms with E-state index in [0.717, 1.165) is 23.6 Å². The minimum Gasteiger partial charge on any atom is -0.493 e. The van der Waals surface area contributed by atoms with Gasteiger partial charge in [-0.2, -0.15) is 0 Å². The molecule has 1 atom stereocenters. The van der Waals surface area contributed by atoms with Gasteiger partial charge in [-0.3, -0.25) is 4.90 Å². The number of fused-ring (bicyclic) bond motifs is 1. The molecule has 1 unspecified atom stereocenters. The van der Waals surface area contributed by atoms with Crippen molar-refractivity contribution in [1.82, 2.24) is 10.2 Å². The minimum absolute atomic E-state index is 0.181. The molecule has 1 aromatic heterocycles. The first-order valence-corrected chi connectivity index (χ1v) is 7.56. The summed E-state index contributed by atoms with van der Waals surface area (Å²) in [5.41, 5.74) is 1.09. The summed E-state index contributed by atoms with van der Waals surface area (Å²) in [7, 11) is 5.71. The molecule has 0 spiro atoms. The van der Waals surface area contributed by atoms with Gasteiger partial charge in [-0.1, -0.05) is 0 Å². The largest absolute Gasteiger partial charge is 0.493 e. The first kappa shape index (κ1) is 15.7. The number of nitrogens with one attached hydrogen (secondary N) is 1. The van der Waals surface area contributed by atoms with Crippen molar-refractivity contribution in [2.75, 3.05) is 34.5 Å². The number of ether oxygens (including phenoxy) is 3. The molecule has 6 heteroatoms. The highest BCUT2D eigenvalue weighted by atomic mass is 16.7. The summed E-state index contributed by atoms with van der Waals surface area (Å²) >= 11 is 0. The number of benzene rings is 1. The number of hydrogen-bond acceptors (Lipinski definition) is 6. The topological polar surface area (TPSA) is 56.1 Å². The number of rotatable bonds is 7. The highest BCUT2D eigenvalue weighted by Gasteiger charge is 2.20. The summed E-state index contributed by atoms with van der Waals surface area (Å²) in [4.78, 5) is 2.13. The van der Waals surface area contributed by atoms with Gasteiger partial charge in [-0.25, -0.2) is 0 Å². The lowest BCUT2D eigenvalue weighted by molar-refractivity contribution is 0.171. The smallest absolute Gasteiger partial charge is 0.231 e. The van der Waals surface area contributed by atoms with Gasteiger partial charge in [0.2, 0.25) is 12.5 Å². The van der Waals surface area contributed by atoms with Crippen molar-refractivity contribution in [2.45, 2.75) is 12.6 Å². The first-order valence-electron chi connectivity index (χ1n) is 7.56. The molecule has 3 rings (SSSR count). The molecule has 124 valence electrons. The quantitative estimate of drug-likeness (QED) is 0.846. The number of likely N-dealkylation sites (N-methyl/N-ethyl adjacent to an activating group) is 1. The van der Waals surface area contributed by atoms with E-state index in [9.17, 15) is 0 Å². The van der Waals surface area contributed by atoms with Crippen molar-refractivity contribution in [2.24, 2.45) is 0 Å². The SMILES string of the molecule is COc1cc(CNCC(c2ccco2)N(C)C)cc2c1OCO2. The maximum atomic E-state index is 5.52. The van der Waals surface area contributed by atoms with Crippen molar-refractivity contribution in [3.05, 3.63) is 41.9 Å². The van der Waals surface area contributed by atoms with Crippen LogP contribution >= 0.6 is 0 Å². The van der Waals surface area contributed by atoms with Gasteiger partial charge in [0, 0.05) is 13.1 Å². The molecule has 1 aliphatic rings. The summed E-state index contributed by atoms with van der Waals surface area (Å²) in [5, 5.41) is 3.46. The van der Waals surface area contributed by atoms with Crippen LogP contribution in [0.15, 0.2) is 34.9 Å². The zero-order valence-corrected chi connectivity index (χ0v) is 13.7. The molecule has 0 aliphatic carbocycles. The van der Waals surface area contributed by atoms with Crippen LogP contribution in [0.3, 0.4) is 0 Å². The third-order valence-electron chi connectivity index (χ3n) is 3.88. The Balaban J connectivity index is 1.64. The van der Waals surface area contributed by atoms with E-state index in [1.54, 1.807) is 13.4 Å². The Morgan fingerprint density at radius 3 is 2.87 bits per heavy atom. The van der Waals surface area contributed by atoms with E-state index in [2.05, 4.69) is 10.2 Å². The monoisotopic (exact) mass is 318 g/mol. The number of methoxy groups -OCH3 is 1. The van der Waals surface area contributed by atoms with Crippen molar-refractivity contribution >= 4 is 0 Å². The third-order valence-corrected chi connectivity index (χ3v) is 3.88. The number of hydrogen-bond donors (Lipinski definition) is 1. The van der Waals surface area contributed by atoms with Crippen LogP contribution < -0.4 is 19.5 Å². The van der Waals surface area contributed by atoms with E-state index >= 15 is 0 Å². The molecule has 1 aromatic carbocycles. The summed E-state index contributed by atoms with van der Waals surface area (Å²) < 4.78 is 21.7. The minimum atomic E-state index is 0.181. The Hall–Kier alpha value is -2.18. The van der Waals surface area contributed by atoms with E-state index in [0.29, 0.717) is 18.0 Å². The maximum absolute atomic E-state index is 5.52. The van der Waals surface area contributed by atoms with Crippen LogP contribution in [0.2, 0.25) is 0 Å². The maximum Gasteiger partial charge on any atom is 0.231 e. The van der Waals surface area contributed by atoms with Gasteiger partial charge in [-0.15, -0.1) is 0 Å². The lowest BCUT2D eigenvalue weighted by Gasteiger charge is -2.22. The van der Waals surface area contributed by atoms with Crippen molar-refractivity contribution < 1.29 is 18.6 Å². The zero-order valence-electron chi connectivity index (χ0n) is 13.7. The second-order valence-electron chi connectivity index (χ2n) is 5.66. The van der Waals surface area contributed by atoms with Gasteiger partial charge in [-0.05, 0) is 43.9 Å². The van der Waals surface area contributed by atoms with E-state index in [-0.39, 0.29) is 12.8 Å². The fourth-order valence-corrected chi connectivity index (χ4v) is 2.66. The molecule has 0 radical (unpaired) electrons. The molecular weight excluding hydrogens is 296 g/mol.